The van der Waals surface area contributed by atoms with Crippen LogP contribution in [0.5, 0.6) is 0 Å². The molecule has 10 heteroatoms. The van der Waals surface area contributed by atoms with Gasteiger partial charge >= 0.3 is 0 Å². The lowest BCUT2D eigenvalue weighted by molar-refractivity contribution is -0.0229. The van der Waals surface area contributed by atoms with Crippen molar-refractivity contribution in [3.8, 4) is 0 Å². The number of aryl methyl sites for hydroxylation is 1. The van der Waals surface area contributed by atoms with Crippen molar-refractivity contribution in [2.45, 2.75) is 18.1 Å². The van der Waals surface area contributed by atoms with Crippen LogP contribution in [0.15, 0.2) is 9.63 Å². The Morgan fingerprint density at radius 2 is 2.30 bits per heavy atom. The summed E-state index contributed by atoms with van der Waals surface area (Å²) in [7, 11) is -2.13. The van der Waals surface area contributed by atoms with Gasteiger partial charge in [-0.25, -0.2) is 17.8 Å². The average molecular weight is 368 g/mol. The molecule has 0 aliphatic carbocycles. The van der Waals surface area contributed by atoms with Crippen LogP contribution < -0.4 is 4.72 Å². The number of aromatic nitrogens is 3. The van der Waals surface area contributed by atoms with E-state index in [1.54, 1.807) is 0 Å². The molecule has 1 aliphatic heterocycles. The number of ether oxygens (including phenoxy) is 1. The predicted octanol–water partition coefficient (Wildman–Crippen LogP) is -0.423. The van der Waals surface area contributed by atoms with Gasteiger partial charge in [-0.2, -0.15) is 0 Å². The first kappa shape index (κ1) is 15.8. The van der Waals surface area contributed by atoms with E-state index in [1.807, 2.05) is 0 Å². The minimum absolute atomic E-state index is 0.0145. The Morgan fingerprint density at radius 3 is 2.90 bits per heavy atom. The van der Waals surface area contributed by atoms with Crippen molar-refractivity contribution in [1.82, 2.24) is 24.6 Å². The van der Waals surface area contributed by atoms with Gasteiger partial charge in [0.15, 0.2) is 4.60 Å². The summed E-state index contributed by atoms with van der Waals surface area (Å²) in [5.74, 6) is 0. The van der Waals surface area contributed by atoms with E-state index in [0.717, 1.165) is 19.6 Å². The van der Waals surface area contributed by atoms with Gasteiger partial charge in [0.1, 0.15) is 0 Å². The zero-order valence-corrected chi connectivity index (χ0v) is 13.8. The smallest absolute Gasteiger partial charge is 0.260 e. The van der Waals surface area contributed by atoms with Gasteiger partial charge in [-0.05, 0) is 22.5 Å². The highest BCUT2D eigenvalue weighted by atomic mass is 79.9. The molecule has 1 N–H and O–H groups in total. The molecule has 2 rings (SSSR count). The molecule has 1 aromatic heterocycles. The van der Waals surface area contributed by atoms with Crippen LogP contribution in [0.4, 0.5) is 0 Å². The normalized spacial score (nSPS) is 21.2. The van der Waals surface area contributed by atoms with E-state index in [2.05, 4.69) is 42.8 Å². The Morgan fingerprint density at radius 1 is 1.55 bits per heavy atom. The zero-order valence-electron chi connectivity index (χ0n) is 11.4. The quantitative estimate of drug-likeness (QED) is 0.759. The summed E-state index contributed by atoms with van der Waals surface area (Å²) in [5, 5.41) is 7.35. The molecule has 0 spiro atoms. The third-order valence-corrected chi connectivity index (χ3v) is 5.47. The molecule has 0 saturated carbocycles. The second-order valence-corrected chi connectivity index (χ2v) is 6.98. The molecule has 1 fully saturated rings. The van der Waals surface area contributed by atoms with Crippen molar-refractivity contribution >= 4 is 26.0 Å². The summed E-state index contributed by atoms with van der Waals surface area (Å²) in [4.78, 5) is 2.23. The maximum Gasteiger partial charge on any atom is 0.260 e. The number of nitrogens with zero attached hydrogens (tertiary/aromatic N) is 4. The van der Waals surface area contributed by atoms with E-state index in [9.17, 15) is 8.42 Å². The topological polar surface area (TPSA) is 89.3 Å². The van der Waals surface area contributed by atoms with Gasteiger partial charge in [0.05, 0.1) is 12.7 Å². The van der Waals surface area contributed by atoms with Gasteiger partial charge in [0.25, 0.3) is 10.0 Å². The molecule has 0 amide bonds. The van der Waals surface area contributed by atoms with E-state index in [0.29, 0.717) is 6.61 Å². The second-order valence-electron chi connectivity index (χ2n) is 4.55. The molecule has 1 atom stereocenters. The molecule has 0 bridgehead atoms. The van der Waals surface area contributed by atoms with Crippen LogP contribution >= 0.6 is 15.9 Å². The lowest BCUT2D eigenvalue weighted by Crippen LogP contribution is -2.47. The van der Waals surface area contributed by atoms with E-state index in [1.165, 1.54) is 11.7 Å². The third kappa shape index (κ3) is 3.55. The molecule has 2 heterocycles. The lowest BCUT2D eigenvalue weighted by atomic mass is 10.3. The third-order valence-electron chi connectivity index (χ3n) is 3.16. The summed E-state index contributed by atoms with van der Waals surface area (Å²) in [6, 6.07) is 0. The summed E-state index contributed by atoms with van der Waals surface area (Å²) >= 11 is 3.09. The van der Waals surface area contributed by atoms with E-state index < -0.39 is 10.0 Å². The van der Waals surface area contributed by atoms with Crippen molar-refractivity contribution in [1.29, 1.82) is 0 Å². The number of halogens is 1. The van der Waals surface area contributed by atoms with Crippen LogP contribution in [0.2, 0.25) is 0 Å². The Labute approximate surface area is 126 Å². The highest BCUT2D eigenvalue weighted by Crippen LogP contribution is 2.17. The predicted molar refractivity (Wildman–Crippen MR) is 75.7 cm³/mol. The van der Waals surface area contributed by atoms with Crippen LogP contribution in [-0.2, 0) is 21.8 Å². The first-order chi connectivity index (χ1) is 9.44. The van der Waals surface area contributed by atoms with E-state index >= 15 is 0 Å². The minimum atomic E-state index is -3.66. The van der Waals surface area contributed by atoms with Crippen LogP contribution in [0.1, 0.15) is 6.92 Å². The van der Waals surface area contributed by atoms with Gasteiger partial charge in [-0.3, -0.25) is 4.90 Å². The summed E-state index contributed by atoms with van der Waals surface area (Å²) in [5.41, 5.74) is 0. The van der Waals surface area contributed by atoms with Gasteiger partial charge in [-0.15, -0.1) is 5.10 Å². The molecule has 114 valence electrons. The van der Waals surface area contributed by atoms with Gasteiger partial charge in [0, 0.05) is 26.7 Å². The van der Waals surface area contributed by atoms with Gasteiger partial charge in [0.2, 0.25) is 5.03 Å². The molecule has 0 radical (unpaired) electrons. The van der Waals surface area contributed by atoms with Crippen LogP contribution in [0, 0.1) is 0 Å². The molecule has 20 heavy (non-hydrogen) atoms. The van der Waals surface area contributed by atoms with Gasteiger partial charge in [-0.1, -0.05) is 12.1 Å². The Kier molecular flexibility index (Phi) is 5.13. The first-order valence-electron chi connectivity index (χ1n) is 6.33. The van der Waals surface area contributed by atoms with Gasteiger partial charge < -0.3 is 4.74 Å². The van der Waals surface area contributed by atoms with Crippen molar-refractivity contribution in [3.63, 3.8) is 0 Å². The number of sulfonamides is 1. The highest BCUT2D eigenvalue weighted by molar-refractivity contribution is 9.10. The molecular formula is C10H18BrN5O3S. The number of likely N-dealkylation sites (N-methyl/N-ethyl adjacent to an activating group) is 1. The lowest BCUT2D eigenvalue weighted by Gasteiger charge is -2.32. The van der Waals surface area contributed by atoms with Crippen LogP contribution in [0.3, 0.4) is 0 Å². The molecular weight excluding hydrogens is 350 g/mol. The maximum absolute atomic E-state index is 12.2. The fourth-order valence-electron chi connectivity index (χ4n) is 2.07. The molecule has 0 aromatic carbocycles. The Hall–Kier alpha value is -0.550. The van der Waals surface area contributed by atoms with Crippen molar-refractivity contribution < 1.29 is 13.2 Å². The van der Waals surface area contributed by atoms with Crippen LogP contribution in [-0.4, -0.2) is 67.2 Å². The number of hydrogen-bond donors (Lipinski definition) is 1. The number of hydrogen-bond acceptors (Lipinski definition) is 6. The number of morpholine rings is 1. The largest absolute Gasteiger partial charge is 0.374 e. The molecule has 1 aromatic rings. The summed E-state index contributed by atoms with van der Waals surface area (Å²) < 4.78 is 34.0. The van der Waals surface area contributed by atoms with Crippen LogP contribution in [0.25, 0.3) is 0 Å². The maximum atomic E-state index is 12.2. The highest BCUT2D eigenvalue weighted by Gasteiger charge is 2.26. The first-order valence-corrected chi connectivity index (χ1v) is 8.60. The number of rotatable bonds is 5. The van der Waals surface area contributed by atoms with Crippen molar-refractivity contribution in [2.24, 2.45) is 7.05 Å². The molecule has 8 nitrogen and oxygen atoms in total. The Balaban J connectivity index is 1.99. The minimum Gasteiger partial charge on any atom is -0.374 e. The fraction of sp³-hybridized carbons (Fsp3) is 0.800. The van der Waals surface area contributed by atoms with E-state index in [-0.39, 0.29) is 22.3 Å². The fourth-order valence-corrected chi connectivity index (χ4v) is 4.23. The average Bonchev–Trinajstić information content (AvgIpc) is 2.77. The summed E-state index contributed by atoms with van der Waals surface area (Å²) in [6.45, 7) is 5.48. The summed E-state index contributed by atoms with van der Waals surface area (Å²) in [6.07, 6.45) is -0.140. The molecule has 1 aliphatic rings. The standard InChI is InChI=1S/C10H18BrN5O3S/c1-3-16-4-5-19-8(7-16)6-12-20(17,18)10-9(11)13-14-15(10)2/h8,12H,3-7H2,1-2H3. The van der Waals surface area contributed by atoms with Crippen molar-refractivity contribution in [2.75, 3.05) is 32.8 Å². The number of nitrogens with one attached hydrogen (secondary N) is 1. The molecule has 1 saturated heterocycles. The Bertz CT molecular complexity index is 542. The van der Waals surface area contributed by atoms with Crippen molar-refractivity contribution in [3.05, 3.63) is 4.60 Å². The zero-order chi connectivity index (χ0) is 14.8. The molecule has 1 unspecified atom stereocenters. The van der Waals surface area contributed by atoms with E-state index in [4.69, 9.17) is 4.74 Å². The monoisotopic (exact) mass is 367 g/mol. The SMILES string of the molecule is CCN1CCOC(CNS(=O)(=O)c2c(Br)nnn2C)C1. The second kappa shape index (κ2) is 6.48.